The van der Waals surface area contributed by atoms with Crippen LogP contribution in [0.3, 0.4) is 0 Å². The van der Waals surface area contributed by atoms with Gasteiger partial charge in [0.1, 0.15) is 24.0 Å². The number of hydrogen-bond acceptors (Lipinski definition) is 8. The van der Waals surface area contributed by atoms with Gasteiger partial charge in [-0.3, -0.25) is 9.69 Å². The molecule has 1 aromatic carbocycles. The topological polar surface area (TPSA) is 113 Å². The minimum Gasteiger partial charge on any atom is -0.485 e. The van der Waals surface area contributed by atoms with E-state index < -0.39 is 6.10 Å². The second-order valence-corrected chi connectivity index (χ2v) is 9.75. The van der Waals surface area contributed by atoms with Gasteiger partial charge in [0.15, 0.2) is 12.2 Å². The van der Waals surface area contributed by atoms with E-state index in [-0.39, 0.29) is 24.9 Å². The number of fused-ring (bicyclic) bond motifs is 1. The lowest BCUT2D eigenvalue weighted by atomic mass is 9.93. The molecule has 10 heteroatoms. The molecule has 3 aromatic rings. The van der Waals surface area contributed by atoms with Gasteiger partial charge >= 0.3 is 0 Å². The lowest BCUT2D eigenvalue weighted by Crippen LogP contribution is -2.42. The molecule has 3 N–H and O–H groups in total. The smallest absolute Gasteiger partial charge is 0.251 e. The number of hydrogen-bond donors (Lipinski definition) is 3. The van der Waals surface area contributed by atoms with E-state index in [0.29, 0.717) is 60.6 Å². The van der Waals surface area contributed by atoms with Crippen LogP contribution >= 0.6 is 0 Å². The lowest BCUT2D eigenvalue weighted by Gasteiger charge is -2.32. The van der Waals surface area contributed by atoms with Gasteiger partial charge in [-0.2, -0.15) is 0 Å². The molecule has 1 atom stereocenters. The van der Waals surface area contributed by atoms with E-state index in [4.69, 9.17) is 9.15 Å². The quantitative estimate of drug-likeness (QED) is 0.382. The molecule has 1 amide bonds. The van der Waals surface area contributed by atoms with Crippen molar-refractivity contribution >= 4 is 11.7 Å². The number of amides is 1. The maximum absolute atomic E-state index is 15.0. The molecule has 0 bridgehead atoms. The highest BCUT2D eigenvalue weighted by Crippen LogP contribution is 2.32. The third-order valence-corrected chi connectivity index (χ3v) is 7.09. The highest BCUT2D eigenvalue weighted by atomic mass is 19.1. The van der Waals surface area contributed by atoms with Crippen molar-refractivity contribution in [1.82, 2.24) is 20.2 Å². The summed E-state index contributed by atoms with van der Waals surface area (Å²) in [6.07, 6.45) is 7.82. The number of ether oxygens (including phenoxy) is 1. The van der Waals surface area contributed by atoms with Crippen molar-refractivity contribution in [1.29, 1.82) is 0 Å². The van der Waals surface area contributed by atoms with Gasteiger partial charge in [0.05, 0.1) is 12.3 Å². The zero-order valence-electron chi connectivity index (χ0n) is 20.9. The molecule has 2 aromatic heterocycles. The van der Waals surface area contributed by atoms with Crippen LogP contribution in [0, 0.1) is 12.7 Å². The van der Waals surface area contributed by atoms with Gasteiger partial charge in [0, 0.05) is 55.6 Å². The number of anilines is 1. The van der Waals surface area contributed by atoms with Crippen molar-refractivity contribution in [3.63, 3.8) is 0 Å². The number of aromatic nitrogens is 2. The first kappa shape index (κ1) is 25.2. The van der Waals surface area contributed by atoms with Crippen molar-refractivity contribution < 1.29 is 23.4 Å². The number of pyridine rings is 1. The first-order valence-corrected chi connectivity index (χ1v) is 12.7. The molecule has 0 unspecified atom stereocenters. The second kappa shape index (κ2) is 11.3. The van der Waals surface area contributed by atoms with Gasteiger partial charge in [-0.15, -0.1) is 0 Å². The number of oxazole rings is 1. The highest BCUT2D eigenvalue weighted by Gasteiger charge is 2.25. The Balaban J connectivity index is 1.13. The molecular weight excluding hydrogens is 477 g/mol. The van der Waals surface area contributed by atoms with Crippen LogP contribution in [0.5, 0.6) is 5.75 Å². The minimum atomic E-state index is -0.784. The normalized spacial score (nSPS) is 16.5. The van der Waals surface area contributed by atoms with Gasteiger partial charge in [-0.25, -0.2) is 14.4 Å². The maximum Gasteiger partial charge on any atom is 0.251 e. The molecule has 37 heavy (non-hydrogen) atoms. The van der Waals surface area contributed by atoms with Crippen LogP contribution in [0.15, 0.2) is 41.4 Å². The summed E-state index contributed by atoms with van der Waals surface area (Å²) in [7, 11) is 0. The molecule has 5 rings (SSSR count). The molecule has 0 saturated heterocycles. The molecule has 1 aliphatic carbocycles. The van der Waals surface area contributed by atoms with Crippen LogP contribution in [-0.4, -0.2) is 57.7 Å². The number of benzene rings is 1. The SMILES string of the molecule is Cc1c(OCc2cnco2)cc(F)c2c1CCN(C[C@@H](O)CNC(=O)c1ccnc(NC3CCC3)c1)C2. The van der Waals surface area contributed by atoms with Crippen LogP contribution in [0.1, 0.15) is 52.1 Å². The predicted octanol–water partition coefficient (Wildman–Crippen LogP) is 3.21. The molecule has 2 aliphatic rings. The highest BCUT2D eigenvalue weighted by molar-refractivity contribution is 5.94. The molecule has 196 valence electrons. The van der Waals surface area contributed by atoms with E-state index in [0.717, 1.165) is 24.0 Å². The largest absolute Gasteiger partial charge is 0.485 e. The lowest BCUT2D eigenvalue weighted by molar-refractivity contribution is 0.0839. The number of carbonyl (C=O) groups is 1. The van der Waals surface area contributed by atoms with E-state index in [1.165, 1.54) is 18.9 Å². The first-order valence-electron chi connectivity index (χ1n) is 12.7. The molecule has 0 radical (unpaired) electrons. The third-order valence-electron chi connectivity index (χ3n) is 7.09. The standard InChI is InChI=1S/C27H32FN5O4/c1-17-22-6-8-33(14-23(22)24(28)10-25(17)36-15-21-12-29-16-37-21)13-20(34)11-31-27(35)18-5-7-30-26(9-18)32-19-3-2-4-19/h5,7,9-10,12,16,19-20,34H,2-4,6,8,11,13-15H2,1H3,(H,30,32)(H,31,35)/t20-/m0/s1. The number of nitrogens with one attached hydrogen (secondary N) is 2. The summed E-state index contributed by atoms with van der Waals surface area (Å²) in [6, 6.07) is 5.22. The average molecular weight is 510 g/mol. The zero-order valence-corrected chi connectivity index (χ0v) is 20.9. The van der Waals surface area contributed by atoms with E-state index in [2.05, 4.69) is 20.6 Å². The summed E-state index contributed by atoms with van der Waals surface area (Å²) in [5.41, 5.74) is 2.97. The number of rotatable bonds is 10. The minimum absolute atomic E-state index is 0.103. The fourth-order valence-corrected chi connectivity index (χ4v) is 4.77. The third kappa shape index (κ3) is 6.08. The second-order valence-electron chi connectivity index (χ2n) is 9.75. The Morgan fingerprint density at radius 3 is 2.97 bits per heavy atom. The molecular formula is C27H32FN5O4. The van der Waals surface area contributed by atoms with Gasteiger partial charge in [0.25, 0.3) is 5.91 Å². The Hall–Kier alpha value is -3.50. The van der Waals surface area contributed by atoms with Crippen LogP contribution in [0.25, 0.3) is 0 Å². The number of halogens is 1. The van der Waals surface area contributed by atoms with E-state index in [1.807, 2.05) is 11.8 Å². The average Bonchev–Trinajstić information content (AvgIpc) is 3.40. The fraction of sp³-hybridized carbons (Fsp3) is 0.444. The van der Waals surface area contributed by atoms with Crippen molar-refractivity contribution in [2.24, 2.45) is 0 Å². The first-order chi connectivity index (χ1) is 18.0. The van der Waals surface area contributed by atoms with Crippen molar-refractivity contribution in [3.05, 3.63) is 70.8 Å². The van der Waals surface area contributed by atoms with E-state index in [1.54, 1.807) is 24.5 Å². The van der Waals surface area contributed by atoms with Crippen molar-refractivity contribution in [2.45, 2.75) is 57.9 Å². The summed E-state index contributed by atoms with van der Waals surface area (Å²) in [4.78, 5) is 22.8. The number of carbonyl (C=O) groups excluding carboxylic acids is 1. The van der Waals surface area contributed by atoms with Crippen LogP contribution in [0.4, 0.5) is 10.2 Å². The van der Waals surface area contributed by atoms with Crippen LogP contribution < -0.4 is 15.4 Å². The fourth-order valence-electron chi connectivity index (χ4n) is 4.77. The zero-order chi connectivity index (χ0) is 25.8. The van der Waals surface area contributed by atoms with E-state index >= 15 is 0 Å². The van der Waals surface area contributed by atoms with Gasteiger partial charge in [-0.05, 0) is 55.9 Å². The van der Waals surface area contributed by atoms with E-state index in [9.17, 15) is 14.3 Å². The number of nitrogens with zero attached hydrogens (tertiary/aromatic N) is 3. The monoisotopic (exact) mass is 509 g/mol. The number of aliphatic hydroxyl groups excluding tert-OH is 1. The molecule has 9 nitrogen and oxygen atoms in total. The Labute approximate surface area is 215 Å². The van der Waals surface area contributed by atoms with Gasteiger partial charge in [0.2, 0.25) is 0 Å². The van der Waals surface area contributed by atoms with Crippen LogP contribution in [0.2, 0.25) is 0 Å². The van der Waals surface area contributed by atoms with Crippen molar-refractivity contribution in [3.8, 4) is 5.75 Å². The summed E-state index contributed by atoms with van der Waals surface area (Å²) in [6.45, 7) is 3.60. The Kier molecular flexibility index (Phi) is 7.66. The summed E-state index contributed by atoms with van der Waals surface area (Å²) in [5.74, 6) is 1.16. The predicted molar refractivity (Wildman–Crippen MR) is 135 cm³/mol. The van der Waals surface area contributed by atoms with Crippen molar-refractivity contribution in [2.75, 3.05) is 25.0 Å². The molecule has 0 spiro atoms. The molecule has 3 heterocycles. The summed E-state index contributed by atoms with van der Waals surface area (Å²) >= 11 is 0. The maximum atomic E-state index is 15.0. The number of aliphatic hydroxyl groups is 1. The summed E-state index contributed by atoms with van der Waals surface area (Å²) in [5, 5.41) is 16.7. The molecule has 1 aliphatic heterocycles. The Morgan fingerprint density at radius 2 is 2.22 bits per heavy atom. The number of β-amino-alcohol motifs (C(OH)–C–C–N with tert-alkyl or cyclic N) is 1. The summed E-state index contributed by atoms with van der Waals surface area (Å²) < 4.78 is 25.9. The molecule has 1 fully saturated rings. The Bertz CT molecular complexity index is 1230. The molecule has 1 saturated carbocycles. The Morgan fingerprint density at radius 1 is 1.35 bits per heavy atom. The van der Waals surface area contributed by atoms with Crippen LogP contribution in [-0.2, 0) is 19.6 Å². The van der Waals surface area contributed by atoms with Gasteiger partial charge < -0.3 is 24.9 Å². The van der Waals surface area contributed by atoms with Gasteiger partial charge in [-0.1, -0.05) is 0 Å².